The average Bonchev–Trinajstić information content (AvgIpc) is 3.12. The van der Waals surface area contributed by atoms with E-state index in [0.29, 0.717) is 25.2 Å². The Kier molecular flexibility index (Phi) is 5.82. The normalized spacial score (nSPS) is 19.2. The molecule has 1 aromatic carbocycles. The van der Waals surface area contributed by atoms with Crippen LogP contribution < -0.4 is 10.2 Å². The van der Waals surface area contributed by atoms with Gasteiger partial charge in [0, 0.05) is 50.0 Å². The third-order valence-corrected chi connectivity index (χ3v) is 5.28. The first-order chi connectivity index (χ1) is 12.7. The number of aromatic nitrogens is 2. The van der Waals surface area contributed by atoms with Gasteiger partial charge >= 0.3 is 0 Å². The van der Waals surface area contributed by atoms with E-state index in [2.05, 4.69) is 15.5 Å². The molecule has 144 valence electrons. The van der Waals surface area contributed by atoms with E-state index < -0.39 is 6.04 Å². The van der Waals surface area contributed by atoms with E-state index in [9.17, 15) is 9.59 Å². The Labute approximate surface area is 164 Å². The third-order valence-electron chi connectivity index (χ3n) is 5.28. The van der Waals surface area contributed by atoms with E-state index in [4.69, 9.17) is 0 Å². The largest absolute Gasteiger partial charge is 0.328 e. The number of carbonyl (C=O) groups is 2. The van der Waals surface area contributed by atoms with Crippen molar-refractivity contribution >= 4 is 29.9 Å². The van der Waals surface area contributed by atoms with Gasteiger partial charge in [-0.2, -0.15) is 5.10 Å². The molecule has 0 radical (unpaired) electrons. The molecule has 0 spiro atoms. The Hall–Kier alpha value is -2.38. The zero-order valence-corrected chi connectivity index (χ0v) is 16.1. The highest BCUT2D eigenvalue weighted by atomic mass is 35.5. The van der Waals surface area contributed by atoms with Crippen LogP contribution in [0.15, 0.2) is 30.3 Å². The van der Waals surface area contributed by atoms with Gasteiger partial charge in [0.2, 0.25) is 5.91 Å². The molecule has 2 N–H and O–H groups in total. The molecule has 0 saturated carbocycles. The molecule has 1 aromatic heterocycles. The molecule has 1 fully saturated rings. The van der Waals surface area contributed by atoms with Crippen molar-refractivity contribution in [2.24, 2.45) is 0 Å². The molecular weight excluding hydrogens is 366 g/mol. The number of likely N-dealkylation sites (N-methyl/N-ethyl adjacent to an activating group) is 1. The predicted octanol–water partition coefficient (Wildman–Crippen LogP) is 1.74. The van der Waals surface area contributed by atoms with Crippen LogP contribution in [0.3, 0.4) is 0 Å². The number of anilines is 1. The zero-order chi connectivity index (χ0) is 18.1. The van der Waals surface area contributed by atoms with Crippen LogP contribution in [0.1, 0.15) is 34.6 Å². The van der Waals surface area contributed by atoms with Crippen molar-refractivity contribution in [3.8, 4) is 0 Å². The number of aromatic amines is 1. The number of carbonyl (C=O) groups excluding carboxylic acids is 2. The van der Waals surface area contributed by atoms with Gasteiger partial charge in [0.15, 0.2) is 5.69 Å². The summed E-state index contributed by atoms with van der Waals surface area (Å²) in [6.07, 6.45) is 2.38. The number of nitrogens with one attached hydrogen (secondary N) is 2. The number of halogens is 1. The summed E-state index contributed by atoms with van der Waals surface area (Å²) in [5.74, 6) is -0.222. The lowest BCUT2D eigenvalue weighted by molar-refractivity contribution is -0.124. The fraction of sp³-hybridized carbons (Fsp3) is 0.421. The van der Waals surface area contributed by atoms with Crippen LogP contribution in [0.2, 0.25) is 0 Å². The number of para-hydroxylation sites is 1. The summed E-state index contributed by atoms with van der Waals surface area (Å²) >= 11 is 0. The standard InChI is InChI=1S/C19H23N5O2.ClH/c1-23(19(26)17-14-12-20-10-9-15(14)21-22-17)16-8-5-11-24(18(16)25)13-6-3-2-4-7-13;/h2-4,6-7,16,20H,5,8-12H2,1H3,(H,21,22);1H. The van der Waals surface area contributed by atoms with Crippen molar-refractivity contribution in [3.63, 3.8) is 0 Å². The summed E-state index contributed by atoms with van der Waals surface area (Å²) in [5, 5.41) is 10.5. The highest BCUT2D eigenvalue weighted by Gasteiger charge is 2.36. The van der Waals surface area contributed by atoms with Crippen LogP contribution in [0.4, 0.5) is 5.69 Å². The summed E-state index contributed by atoms with van der Waals surface area (Å²) < 4.78 is 0. The van der Waals surface area contributed by atoms with Gasteiger partial charge in [0.1, 0.15) is 6.04 Å². The fourth-order valence-corrected chi connectivity index (χ4v) is 3.79. The van der Waals surface area contributed by atoms with E-state index in [0.717, 1.165) is 36.3 Å². The van der Waals surface area contributed by atoms with Gasteiger partial charge in [0.05, 0.1) is 0 Å². The molecule has 0 aliphatic carbocycles. The second-order valence-electron chi connectivity index (χ2n) is 6.86. The molecular formula is C19H24ClN5O2. The molecule has 1 unspecified atom stereocenters. The number of hydrogen-bond donors (Lipinski definition) is 2. The topological polar surface area (TPSA) is 81.3 Å². The fourth-order valence-electron chi connectivity index (χ4n) is 3.79. The van der Waals surface area contributed by atoms with Crippen LogP contribution in [0.25, 0.3) is 0 Å². The zero-order valence-electron chi connectivity index (χ0n) is 15.3. The lowest BCUT2D eigenvalue weighted by Crippen LogP contribution is -2.53. The number of amides is 2. The Balaban J connectivity index is 0.00000210. The molecule has 3 heterocycles. The molecule has 27 heavy (non-hydrogen) atoms. The smallest absolute Gasteiger partial charge is 0.275 e. The van der Waals surface area contributed by atoms with E-state index in [1.54, 1.807) is 16.8 Å². The molecule has 7 nitrogen and oxygen atoms in total. The quantitative estimate of drug-likeness (QED) is 0.837. The first kappa shape index (κ1) is 19.4. The van der Waals surface area contributed by atoms with Crippen molar-refractivity contribution < 1.29 is 9.59 Å². The van der Waals surface area contributed by atoms with Gasteiger partial charge in [-0.15, -0.1) is 12.4 Å². The van der Waals surface area contributed by atoms with Gasteiger partial charge in [-0.1, -0.05) is 18.2 Å². The highest BCUT2D eigenvalue weighted by Crippen LogP contribution is 2.25. The molecule has 2 aromatic rings. The number of fused-ring (bicyclic) bond motifs is 1. The number of benzene rings is 1. The number of H-pyrrole nitrogens is 1. The molecule has 1 saturated heterocycles. The van der Waals surface area contributed by atoms with Crippen LogP contribution in [-0.4, -0.2) is 53.1 Å². The van der Waals surface area contributed by atoms with Crippen molar-refractivity contribution in [3.05, 3.63) is 47.3 Å². The number of piperidine rings is 1. The van der Waals surface area contributed by atoms with Crippen molar-refractivity contribution in [2.75, 3.05) is 25.0 Å². The summed E-state index contributed by atoms with van der Waals surface area (Å²) in [6, 6.07) is 9.17. The van der Waals surface area contributed by atoms with Crippen molar-refractivity contribution in [2.45, 2.75) is 31.8 Å². The van der Waals surface area contributed by atoms with Crippen LogP contribution in [-0.2, 0) is 17.8 Å². The van der Waals surface area contributed by atoms with E-state index in [-0.39, 0.29) is 24.2 Å². The minimum atomic E-state index is -0.458. The van der Waals surface area contributed by atoms with E-state index >= 15 is 0 Å². The Bertz CT molecular complexity index is 823. The maximum atomic E-state index is 13.0. The second kappa shape index (κ2) is 8.10. The van der Waals surface area contributed by atoms with Gasteiger partial charge < -0.3 is 15.1 Å². The summed E-state index contributed by atoms with van der Waals surface area (Å²) in [5.41, 5.74) is 3.25. The minimum Gasteiger partial charge on any atom is -0.328 e. The average molecular weight is 390 g/mol. The van der Waals surface area contributed by atoms with Crippen LogP contribution in [0, 0.1) is 0 Å². The summed E-state index contributed by atoms with van der Waals surface area (Å²) in [6.45, 7) is 2.20. The summed E-state index contributed by atoms with van der Waals surface area (Å²) in [4.78, 5) is 29.4. The Morgan fingerprint density at radius 3 is 2.85 bits per heavy atom. The lowest BCUT2D eigenvalue weighted by atomic mass is 10.0. The highest BCUT2D eigenvalue weighted by molar-refractivity contribution is 6.02. The maximum absolute atomic E-state index is 13.0. The molecule has 2 aliphatic rings. The van der Waals surface area contributed by atoms with Gasteiger partial charge in [-0.25, -0.2) is 0 Å². The summed E-state index contributed by atoms with van der Waals surface area (Å²) in [7, 11) is 1.71. The SMILES string of the molecule is CN(C(=O)c1n[nH]c2c1CNCC2)C1CCCN(c2ccccc2)C1=O.Cl. The van der Waals surface area contributed by atoms with Gasteiger partial charge in [0.25, 0.3) is 5.91 Å². The Morgan fingerprint density at radius 1 is 1.30 bits per heavy atom. The molecule has 4 rings (SSSR count). The van der Waals surface area contributed by atoms with Crippen molar-refractivity contribution in [1.82, 2.24) is 20.4 Å². The number of hydrogen-bond acceptors (Lipinski definition) is 4. The second-order valence-corrected chi connectivity index (χ2v) is 6.86. The molecule has 0 bridgehead atoms. The minimum absolute atomic E-state index is 0. The first-order valence-electron chi connectivity index (χ1n) is 9.07. The molecule has 8 heteroatoms. The van der Waals surface area contributed by atoms with Crippen molar-refractivity contribution in [1.29, 1.82) is 0 Å². The van der Waals surface area contributed by atoms with E-state index in [1.165, 1.54) is 0 Å². The van der Waals surface area contributed by atoms with Crippen LogP contribution >= 0.6 is 12.4 Å². The monoisotopic (exact) mass is 389 g/mol. The number of rotatable bonds is 3. The lowest BCUT2D eigenvalue weighted by Gasteiger charge is -2.36. The first-order valence-corrected chi connectivity index (χ1v) is 9.07. The van der Waals surface area contributed by atoms with Crippen LogP contribution in [0.5, 0.6) is 0 Å². The molecule has 2 aliphatic heterocycles. The van der Waals surface area contributed by atoms with E-state index in [1.807, 2.05) is 30.3 Å². The predicted molar refractivity (Wildman–Crippen MR) is 105 cm³/mol. The number of nitrogens with zero attached hydrogens (tertiary/aromatic N) is 3. The molecule has 2 amide bonds. The molecule has 1 atom stereocenters. The van der Waals surface area contributed by atoms with Gasteiger partial charge in [-0.05, 0) is 25.0 Å². The Morgan fingerprint density at radius 2 is 2.07 bits per heavy atom. The third kappa shape index (κ3) is 3.57. The maximum Gasteiger partial charge on any atom is 0.275 e. The van der Waals surface area contributed by atoms with Gasteiger partial charge in [-0.3, -0.25) is 14.7 Å².